The molecule has 3 rings (SSSR count). The van der Waals surface area contributed by atoms with Gasteiger partial charge < -0.3 is 19.6 Å². The van der Waals surface area contributed by atoms with E-state index in [4.69, 9.17) is 14.3 Å². The number of β-lactam (4-membered cyclic amide) rings is 1. The van der Waals surface area contributed by atoms with E-state index in [9.17, 15) is 14.4 Å². The highest BCUT2D eigenvalue weighted by Crippen LogP contribution is 2.27. The lowest BCUT2D eigenvalue weighted by Gasteiger charge is -2.38. The second-order valence-electron chi connectivity index (χ2n) is 6.46. The number of amides is 2. The van der Waals surface area contributed by atoms with Crippen LogP contribution in [0.3, 0.4) is 0 Å². The van der Waals surface area contributed by atoms with Crippen molar-refractivity contribution in [2.45, 2.75) is 19.4 Å². The van der Waals surface area contributed by atoms with E-state index in [0.29, 0.717) is 23.6 Å². The predicted molar refractivity (Wildman–Crippen MR) is 107 cm³/mol. The summed E-state index contributed by atoms with van der Waals surface area (Å²) in [6.07, 6.45) is 2.13. The number of hydroxylamine groups is 2. The minimum atomic E-state index is -0.925. The summed E-state index contributed by atoms with van der Waals surface area (Å²) in [5.41, 5.74) is 1.25. The molecule has 2 aromatic rings. The van der Waals surface area contributed by atoms with Crippen molar-refractivity contribution in [1.29, 1.82) is 0 Å². The Morgan fingerprint density at radius 1 is 1.10 bits per heavy atom. The fraction of sp³-hybridized carbons (Fsp3) is 0.227. The van der Waals surface area contributed by atoms with Gasteiger partial charge in [-0.15, -0.1) is 5.06 Å². The van der Waals surface area contributed by atoms with Crippen LogP contribution in [0.2, 0.25) is 0 Å². The van der Waals surface area contributed by atoms with Crippen molar-refractivity contribution >= 4 is 17.8 Å². The topological polar surface area (TPSA) is 94.2 Å². The Labute approximate surface area is 174 Å². The molecule has 1 aliphatic rings. The summed E-state index contributed by atoms with van der Waals surface area (Å²) < 4.78 is 10.7. The van der Waals surface area contributed by atoms with Gasteiger partial charge in [-0.05, 0) is 30.2 Å². The Balaban J connectivity index is 1.69. The molecule has 1 heterocycles. The second kappa shape index (κ2) is 9.60. The molecule has 1 N–H and O–H groups in total. The summed E-state index contributed by atoms with van der Waals surface area (Å²) in [6, 6.07) is 15.4. The zero-order chi connectivity index (χ0) is 21.5. The third-order valence-corrected chi connectivity index (χ3v) is 4.34. The summed E-state index contributed by atoms with van der Waals surface area (Å²) in [4.78, 5) is 40.9. The van der Waals surface area contributed by atoms with E-state index in [1.54, 1.807) is 37.5 Å². The molecule has 0 radical (unpaired) electrons. The molecule has 30 heavy (non-hydrogen) atoms. The molecule has 8 heteroatoms. The lowest BCUT2D eigenvalue weighted by molar-refractivity contribution is -0.202. The molecule has 0 aliphatic carbocycles. The third-order valence-electron chi connectivity index (χ3n) is 4.34. The third kappa shape index (κ3) is 4.96. The number of nitrogens with one attached hydrogen (secondary N) is 1. The minimum absolute atomic E-state index is 0.249. The molecule has 156 valence electrons. The van der Waals surface area contributed by atoms with Gasteiger partial charge in [-0.2, -0.15) is 0 Å². The van der Waals surface area contributed by atoms with Crippen LogP contribution in [0.25, 0.3) is 0 Å². The monoisotopic (exact) mass is 410 g/mol. The fourth-order valence-electron chi connectivity index (χ4n) is 2.94. The first-order chi connectivity index (χ1) is 14.5. The van der Waals surface area contributed by atoms with E-state index in [2.05, 4.69) is 5.32 Å². The Kier molecular flexibility index (Phi) is 6.69. The van der Waals surface area contributed by atoms with Gasteiger partial charge in [0.25, 0.3) is 11.8 Å². The summed E-state index contributed by atoms with van der Waals surface area (Å²) in [6.45, 7) is 0.950. The van der Waals surface area contributed by atoms with E-state index in [1.165, 1.54) is 6.92 Å². The summed E-state index contributed by atoms with van der Waals surface area (Å²) >= 11 is 0. The number of allylic oxidation sites excluding steroid dienone is 1. The second-order valence-corrected chi connectivity index (χ2v) is 6.46. The molecule has 1 atom stereocenters. The maximum atomic E-state index is 12.4. The highest BCUT2D eigenvalue weighted by Gasteiger charge is 2.46. The lowest BCUT2D eigenvalue weighted by Crippen LogP contribution is -2.62. The molecular weight excluding hydrogens is 388 g/mol. The maximum absolute atomic E-state index is 12.4. The molecule has 0 saturated carbocycles. The number of hydrogen-bond acceptors (Lipinski definition) is 6. The van der Waals surface area contributed by atoms with E-state index < -0.39 is 23.8 Å². The molecular formula is C22H22N2O6. The van der Waals surface area contributed by atoms with Crippen molar-refractivity contribution < 1.29 is 28.7 Å². The molecule has 2 aromatic carbocycles. The van der Waals surface area contributed by atoms with Gasteiger partial charge in [0.05, 0.1) is 12.8 Å². The number of carbonyl (C=O) groups is 3. The van der Waals surface area contributed by atoms with Crippen LogP contribution in [0, 0.1) is 0 Å². The van der Waals surface area contributed by atoms with Gasteiger partial charge in [-0.1, -0.05) is 42.5 Å². The van der Waals surface area contributed by atoms with Gasteiger partial charge in [-0.25, -0.2) is 4.79 Å². The van der Waals surface area contributed by atoms with E-state index in [-0.39, 0.29) is 6.61 Å². The van der Waals surface area contributed by atoms with Gasteiger partial charge >= 0.3 is 5.97 Å². The van der Waals surface area contributed by atoms with Gasteiger partial charge in [0.1, 0.15) is 11.5 Å². The van der Waals surface area contributed by atoms with E-state index in [1.807, 2.05) is 30.3 Å². The first-order valence-electron chi connectivity index (χ1n) is 9.31. The number of para-hydroxylation sites is 2. The number of rotatable bonds is 8. The number of ether oxygens (including phenoxy) is 2. The SMILES string of the molecule is COc1ccccc1CC=C1[C@H](NC(=O)COc2ccccc2)C(=O)N1OC(C)=O. The maximum Gasteiger partial charge on any atom is 0.330 e. The molecule has 8 nitrogen and oxygen atoms in total. The summed E-state index contributed by atoms with van der Waals surface area (Å²) in [5, 5.41) is 3.50. The first-order valence-corrected chi connectivity index (χ1v) is 9.31. The quantitative estimate of drug-likeness (QED) is 0.669. The zero-order valence-electron chi connectivity index (χ0n) is 16.7. The van der Waals surface area contributed by atoms with E-state index >= 15 is 0 Å². The number of carbonyl (C=O) groups excluding carboxylic acids is 3. The smallest absolute Gasteiger partial charge is 0.330 e. The zero-order valence-corrected chi connectivity index (χ0v) is 16.7. The average molecular weight is 410 g/mol. The Bertz CT molecular complexity index is 957. The van der Waals surface area contributed by atoms with Crippen LogP contribution in [-0.2, 0) is 25.6 Å². The summed E-state index contributed by atoms with van der Waals surface area (Å²) in [7, 11) is 1.57. The highest BCUT2D eigenvalue weighted by molar-refractivity contribution is 5.97. The van der Waals surface area contributed by atoms with Crippen molar-refractivity contribution in [3.63, 3.8) is 0 Å². The van der Waals surface area contributed by atoms with Crippen molar-refractivity contribution in [1.82, 2.24) is 10.4 Å². The van der Waals surface area contributed by atoms with Crippen LogP contribution in [-0.4, -0.2) is 42.6 Å². The molecule has 1 fully saturated rings. The summed E-state index contributed by atoms with van der Waals surface area (Å²) in [5.74, 6) is -0.409. The molecule has 0 aromatic heterocycles. The minimum Gasteiger partial charge on any atom is -0.496 e. The van der Waals surface area contributed by atoms with Crippen molar-refractivity contribution in [2.24, 2.45) is 0 Å². The van der Waals surface area contributed by atoms with Crippen molar-refractivity contribution in [2.75, 3.05) is 13.7 Å². The van der Waals surface area contributed by atoms with Crippen LogP contribution in [0.5, 0.6) is 11.5 Å². The van der Waals surface area contributed by atoms with Gasteiger partial charge in [-0.3, -0.25) is 9.59 Å². The van der Waals surface area contributed by atoms with Crippen LogP contribution in [0.4, 0.5) is 0 Å². The molecule has 1 aliphatic heterocycles. The van der Waals surface area contributed by atoms with Crippen LogP contribution in [0.1, 0.15) is 12.5 Å². The Morgan fingerprint density at radius 2 is 1.80 bits per heavy atom. The van der Waals surface area contributed by atoms with Crippen molar-refractivity contribution in [3.05, 3.63) is 71.9 Å². The normalized spacial score (nSPS) is 16.6. The molecule has 0 bridgehead atoms. The predicted octanol–water partition coefficient (Wildman–Crippen LogP) is 2.01. The highest BCUT2D eigenvalue weighted by atomic mass is 16.7. The Morgan fingerprint density at radius 3 is 2.50 bits per heavy atom. The molecule has 0 spiro atoms. The first kappa shape index (κ1) is 20.9. The van der Waals surface area contributed by atoms with E-state index in [0.717, 1.165) is 10.6 Å². The Hall–Kier alpha value is -3.81. The largest absolute Gasteiger partial charge is 0.496 e. The van der Waals surface area contributed by atoms with Crippen molar-refractivity contribution in [3.8, 4) is 11.5 Å². The molecule has 0 unspecified atom stereocenters. The average Bonchev–Trinajstić information content (AvgIpc) is 2.76. The van der Waals surface area contributed by atoms with Crippen LogP contribution in [0.15, 0.2) is 66.4 Å². The fourth-order valence-corrected chi connectivity index (χ4v) is 2.94. The number of methoxy groups -OCH3 is 1. The lowest BCUT2D eigenvalue weighted by atomic mass is 10.0. The van der Waals surface area contributed by atoms with Gasteiger partial charge in [0, 0.05) is 6.92 Å². The van der Waals surface area contributed by atoms with Crippen LogP contribution >= 0.6 is 0 Å². The molecule has 1 saturated heterocycles. The standard InChI is InChI=1S/C22H22N2O6/c1-15(25)30-24-18(13-12-16-8-6-7-11-19(16)28-2)21(22(24)27)23-20(26)14-29-17-9-4-3-5-10-17/h3-11,13,21H,12,14H2,1-2H3,(H,23,26)/t21-/m0/s1. The van der Waals surface area contributed by atoms with Crippen LogP contribution < -0.4 is 14.8 Å². The number of benzene rings is 2. The van der Waals surface area contributed by atoms with Gasteiger partial charge in [0.2, 0.25) is 0 Å². The number of nitrogens with zero attached hydrogens (tertiary/aromatic N) is 1. The number of hydrogen-bond donors (Lipinski definition) is 1. The molecule has 2 amide bonds. The van der Waals surface area contributed by atoms with Gasteiger partial charge in [0.15, 0.2) is 12.6 Å².